The van der Waals surface area contributed by atoms with E-state index in [4.69, 9.17) is 22.1 Å². The molecule has 2 rings (SSSR count). The number of nitrogens with two attached hydrogens (primary N) is 1. The van der Waals surface area contributed by atoms with Crippen LogP contribution >= 0.6 is 24.0 Å². The second kappa shape index (κ2) is 8.04. The fourth-order valence-corrected chi connectivity index (χ4v) is 2.99. The molecule has 1 saturated carbocycles. The highest BCUT2D eigenvalue weighted by Gasteiger charge is 2.39. The monoisotopic (exact) mass is 346 g/mol. The maximum atomic E-state index is 12.5. The number of benzene rings is 1. The van der Waals surface area contributed by atoms with E-state index in [2.05, 4.69) is 5.32 Å². The molecule has 3 N–H and O–H groups in total. The van der Waals surface area contributed by atoms with Crippen LogP contribution in [0.25, 0.3) is 0 Å². The lowest BCUT2D eigenvalue weighted by atomic mass is 9.85. The first-order chi connectivity index (χ1) is 9.97. The zero-order chi connectivity index (χ0) is 15.5. The Hall–Kier alpha value is -0.970. The van der Waals surface area contributed by atoms with Gasteiger partial charge in [0.1, 0.15) is 5.75 Å². The molecule has 0 heterocycles. The molecule has 0 aromatic heterocycles. The van der Waals surface area contributed by atoms with Crippen molar-refractivity contribution >= 4 is 35.6 Å². The summed E-state index contributed by atoms with van der Waals surface area (Å²) in [6.07, 6.45) is 3.90. The molecule has 0 saturated heterocycles. The Morgan fingerprint density at radius 2 is 2.05 bits per heavy atom. The molecule has 1 amide bonds. The van der Waals surface area contributed by atoms with Crippen LogP contribution in [-0.4, -0.2) is 18.6 Å². The molecule has 4 nitrogen and oxygen atoms in total. The highest BCUT2D eigenvalue weighted by atomic mass is 35.5. The van der Waals surface area contributed by atoms with E-state index in [-0.39, 0.29) is 24.4 Å². The summed E-state index contributed by atoms with van der Waals surface area (Å²) >= 11 is 6.18. The first kappa shape index (κ1) is 19.1. The molecule has 1 aromatic rings. The van der Waals surface area contributed by atoms with Crippen molar-refractivity contribution in [2.24, 2.45) is 11.1 Å². The molecule has 1 aromatic carbocycles. The third-order valence-electron chi connectivity index (χ3n) is 3.99. The largest absolute Gasteiger partial charge is 0.489 e. The van der Waals surface area contributed by atoms with E-state index < -0.39 is 5.41 Å². The van der Waals surface area contributed by atoms with E-state index in [0.717, 1.165) is 25.7 Å². The summed E-state index contributed by atoms with van der Waals surface area (Å²) in [4.78, 5) is 12.5. The zero-order valence-corrected chi connectivity index (χ0v) is 14.6. The number of carbonyl (C=O) groups is 1. The summed E-state index contributed by atoms with van der Waals surface area (Å²) in [5.41, 5.74) is 6.09. The van der Waals surface area contributed by atoms with Crippen LogP contribution in [-0.2, 0) is 4.79 Å². The van der Waals surface area contributed by atoms with Crippen LogP contribution in [0.1, 0.15) is 39.5 Å². The van der Waals surface area contributed by atoms with Crippen LogP contribution in [0.15, 0.2) is 18.2 Å². The fraction of sp³-hybridized carbons (Fsp3) is 0.562. The summed E-state index contributed by atoms with van der Waals surface area (Å²) in [5.74, 6) is 0.621. The number of nitrogens with one attached hydrogen (secondary N) is 1. The van der Waals surface area contributed by atoms with E-state index in [0.29, 0.717) is 23.0 Å². The number of anilines is 1. The average molecular weight is 347 g/mol. The van der Waals surface area contributed by atoms with E-state index in [1.54, 1.807) is 18.2 Å². The summed E-state index contributed by atoms with van der Waals surface area (Å²) < 4.78 is 5.58. The van der Waals surface area contributed by atoms with E-state index in [1.165, 1.54) is 0 Å². The Labute approximate surface area is 143 Å². The second-order valence-electron chi connectivity index (χ2n) is 5.96. The Morgan fingerprint density at radius 1 is 1.41 bits per heavy atom. The normalized spacial score (nSPS) is 16.2. The van der Waals surface area contributed by atoms with E-state index in [9.17, 15) is 4.79 Å². The maximum absolute atomic E-state index is 12.5. The number of halogens is 2. The lowest BCUT2D eigenvalue weighted by Crippen LogP contribution is -2.40. The van der Waals surface area contributed by atoms with Gasteiger partial charge in [0.05, 0.1) is 16.5 Å². The van der Waals surface area contributed by atoms with Crippen molar-refractivity contribution in [3.8, 4) is 5.75 Å². The van der Waals surface area contributed by atoms with Crippen molar-refractivity contribution in [3.05, 3.63) is 23.2 Å². The predicted octanol–water partition coefficient (Wildman–Crippen LogP) is 4.01. The Kier molecular flexibility index (Phi) is 6.98. The lowest BCUT2D eigenvalue weighted by molar-refractivity contribution is -0.124. The number of carbonyl (C=O) groups excluding carboxylic acids is 1. The van der Waals surface area contributed by atoms with Gasteiger partial charge in [0.25, 0.3) is 0 Å². The predicted molar refractivity (Wildman–Crippen MR) is 93.0 cm³/mol. The van der Waals surface area contributed by atoms with Crippen LogP contribution in [0.4, 0.5) is 5.69 Å². The average Bonchev–Trinajstić information content (AvgIpc) is 2.91. The fourth-order valence-electron chi connectivity index (χ4n) is 2.77. The molecule has 0 atom stereocenters. The minimum atomic E-state index is -0.417. The second-order valence-corrected chi connectivity index (χ2v) is 6.36. The molecule has 1 fully saturated rings. The van der Waals surface area contributed by atoms with Gasteiger partial charge in [-0.2, -0.15) is 0 Å². The maximum Gasteiger partial charge on any atom is 0.231 e. The third-order valence-corrected chi connectivity index (χ3v) is 4.28. The molecule has 0 spiro atoms. The summed E-state index contributed by atoms with van der Waals surface area (Å²) in [5, 5.41) is 3.43. The summed E-state index contributed by atoms with van der Waals surface area (Å²) in [6, 6.07) is 5.30. The molecule has 1 aliphatic rings. The van der Waals surface area contributed by atoms with Crippen molar-refractivity contribution in [1.29, 1.82) is 0 Å². The van der Waals surface area contributed by atoms with Gasteiger partial charge in [-0.1, -0.05) is 24.4 Å². The highest BCUT2D eigenvalue weighted by Crippen LogP contribution is 2.38. The molecule has 124 valence electrons. The standard InChI is InChI=1S/C16H23ClN2O2.ClH/c1-11(2)21-14-6-5-12(9-13(14)17)19-15(20)16(10-18)7-3-4-8-16;/h5-6,9,11H,3-4,7-8,10,18H2,1-2H3,(H,19,20);1H. The molecular weight excluding hydrogens is 323 g/mol. The van der Waals surface area contributed by atoms with Gasteiger partial charge in [0.2, 0.25) is 5.91 Å². The number of hydrogen-bond donors (Lipinski definition) is 2. The Balaban J connectivity index is 0.00000242. The van der Waals surface area contributed by atoms with Gasteiger partial charge in [-0.3, -0.25) is 4.79 Å². The van der Waals surface area contributed by atoms with Crippen molar-refractivity contribution in [3.63, 3.8) is 0 Å². The zero-order valence-electron chi connectivity index (χ0n) is 13.0. The molecule has 22 heavy (non-hydrogen) atoms. The molecule has 0 aliphatic heterocycles. The first-order valence-electron chi connectivity index (χ1n) is 7.44. The smallest absolute Gasteiger partial charge is 0.231 e. The van der Waals surface area contributed by atoms with Crippen LogP contribution < -0.4 is 15.8 Å². The van der Waals surface area contributed by atoms with Crippen LogP contribution in [0.3, 0.4) is 0 Å². The van der Waals surface area contributed by atoms with Gasteiger partial charge >= 0.3 is 0 Å². The van der Waals surface area contributed by atoms with Crippen LogP contribution in [0.5, 0.6) is 5.75 Å². The van der Waals surface area contributed by atoms with Crippen molar-refractivity contribution in [2.75, 3.05) is 11.9 Å². The van der Waals surface area contributed by atoms with Crippen molar-refractivity contribution < 1.29 is 9.53 Å². The molecule has 0 unspecified atom stereocenters. The molecule has 1 aliphatic carbocycles. The van der Waals surface area contributed by atoms with Gasteiger partial charge in [0, 0.05) is 12.2 Å². The van der Waals surface area contributed by atoms with Gasteiger partial charge in [-0.15, -0.1) is 12.4 Å². The molecular formula is C16H24Cl2N2O2. The van der Waals surface area contributed by atoms with Gasteiger partial charge < -0.3 is 15.8 Å². The number of ether oxygens (including phenoxy) is 1. The lowest BCUT2D eigenvalue weighted by Gasteiger charge is -2.25. The van der Waals surface area contributed by atoms with Crippen LogP contribution in [0.2, 0.25) is 5.02 Å². The number of amides is 1. The third kappa shape index (κ3) is 4.28. The van der Waals surface area contributed by atoms with E-state index >= 15 is 0 Å². The van der Waals surface area contributed by atoms with Gasteiger partial charge in [-0.05, 0) is 44.9 Å². The minimum Gasteiger partial charge on any atom is -0.489 e. The van der Waals surface area contributed by atoms with Crippen LogP contribution in [0, 0.1) is 5.41 Å². The van der Waals surface area contributed by atoms with Crippen molar-refractivity contribution in [2.45, 2.75) is 45.6 Å². The first-order valence-corrected chi connectivity index (χ1v) is 7.82. The highest BCUT2D eigenvalue weighted by molar-refractivity contribution is 6.32. The molecule has 0 bridgehead atoms. The quantitative estimate of drug-likeness (QED) is 0.846. The number of hydrogen-bond acceptors (Lipinski definition) is 3. The summed E-state index contributed by atoms with van der Waals surface area (Å²) in [6.45, 7) is 4.27. The van der Waals surface area contributed by atoms with Crippen molar-refractivity contribution in [1.82, 2.24) is 0 Å². The minimum absolute atomic E-state index is 0. The SMILES string of the molecule is CC(C)Oc1ccc(NC(=O)C2(CN)CCCC2)cc1Cl.Cl. The van der Waals surface area contributed by atoms with E-state index in [1.807, 2.05) is 13.8 Å². The van der Waals surface area contributed by atoms with Gasteiger partial charge in [0.15, 0.2) is 0 Å². The summed E-state index contributed by atoms with van der Waals surface area (Å²) in [7, 11) is 0. The Morgan fingerprint density at radius 3 is 2.55 bits per heavy atom. The molecule has 6 heteroatoms. The van der Waals surface area contributed by atoms with Gasteiger partial charge in [-0.25, -0.2) is 0 Å². The topological polar surface area (TPSA) is 64.3 Å². The Bertz CT molecular complexity index is 515. The number of rotatable bonds is 5. The molecule has 0 radical (unpaired) electrons.